The Kier molecular flexibility index (Phi) is 7.69. The van der Waals surface area contributed by atoms with Gasteiger partial charge in [-0.1, -0.05) is 25.3 Å². The molecule has 0 spiro atoms. The number of carbonyl (C=O) groups excluding carboxylic acids is 1. The Morgan fingerprint density at radius 3 is 2.73 bits per heavy atom. The van der Waals surface area contributed by atoms with Crippen molar-refractivity contribution in [1.29, 1.82) is 0 Å². The minimum absolute atomic E-state index is 0.167. The Balaban J connectivity index is 1.42. The first-order valence-electron chi connectivity index (χ1n) is 11.6. The van der Waals surface area contributed by atoms with Crippen molar-refractivity contribution in [2.24, 2.45) is 5.92 Å². The molecule has 1 atom stereocenters. The van der Waals surface area contributed by atoms with Crippen molar-refractivity contribution in [3.63, 3.8) is 0 Å². The molecule has 1 aliphatic heterocycles. The second kappa shape index (κ2) is 10.7. The molecule has 4 rings (SSSR count). The third kappa shape index (κ3) is 5.99. The fourth-order valence-electron chi connectivity index (χ4n) is 5.23. The molecule has 1 aliphatic carbocycles. The van der Waals surface area contributed by atoms with Crippen LogP contribution in [0.5, 0.6) is 0 Å². The van der Waals surface area contributed by atoms with Crippen LogP contribution in [0.2, 0.25) is 0 Å². The van der Waals surface area contributed by atoms with Crippen molar-refractivity contribution >= 4 is 17.1 Å². The lowest BCUT2D eigenvalue weighted by Crippen LogP contribution is -2.46. The summed E-state index contributed by atoms with van der Waals surface area (Å²) < 4.78 is 0. The third-order valence-corrected chi connectivity index (χ3v) is 7.77. The van der Waals surface area contributed by atoms with Crippen molar-refractivity contribution in [2.45, 2.75) is 71.0 Å². The molecule has 0 amide bonds. The highest BCUT2D eigenvalue weighted by Gasteiger charge is 2.28. The summed E-state index contributed by atoms with van der Waals surface area (Å²) >= 11 is 1.57. The zero-order valence-electron chi connectivity index (χ0n) is 18.3. The average Bonchev–Trinajstić information content (AvgIpc) is 3.24. The molecule has 0 bridgehead atoms. The molecule has 2 fully saturated rings. The maximum atomic E-state index is 11.7. The molecule has 0 radical (unpaired) electrons. The molecule has 5 heteroatoms. The van der Waals surface area contributed by atoms with E-state index in [2.05, 4.69) is 32.3 Å². The number of thiophene rings is 1. The van der Waals surface area contributed by atoms with Crippen LogP contribution >= 0.6 is 11.3 Å². The molecule has 162 valence electrons. The fraction of sp³-hybridized carbons (Fsp3) is 0.600. The fourth-order valence-corrected chi connectivity index (χ4v) is 6.03. The van der Waals surface area contributed by atoms with E-state index < -0.39 is 0 Å². The summed E-state index contributed by atoms with van der Waals surface area (Å²) in [6.07, 6.45) is 13.5. The molecule has 2 aliphatic rings. The van der Waals surface area contributed by atoms with Crippen molar-refractivity contribution in [2.75, 3.05) is 19.6 Å². The van der Waals surface area contributed by atoms with E-state index in [0.717, 1.165) is 36.5 Å². The van der Waals surface area contributed by atoms with Gasteiger partial charge in [0.2, 0.25) is 0 Å². The minimum atomic E-state index is 0.167. The molecule has 2 aromatic heterocycles. The molecule has 1 saturated heterocycles. The first-order chi connectivity index (χ1) is 14.7. The molecule has 1 saturated carbocycles. The van der Waals surface area contributed by atoms with Gasteiger partial charge >= 0.3 is 0 Å². The Hall–Kier alpha value is -1.56. The highest BCUT2D eigenvalue weighted by molar-refractivity contribution is 7.12. The summed E-state index contributed by atoms with van der Waals surface area (Å²) in [5.41, 5.74) is 2.52. The first kappa shape index (κ1) is 21.7. The first-order valence-corrected chi connectivity index (χ1v) is 12.5. The van der Waals surface area contributed by atoms with Gasteiger partial charge in [-0.05, 0) is 73.7 Å². The van der Waals surface area contributed by atoms with E-state index >= 15 is 0 Å². The van der Waals surface area contributed by atoms with Gasteiger partial charge in [0, 0.05) is 44.6 Å². The second-order valence-corrected chi connectivity index (χ2v) is 10.1. The maximum Gasteiger partial charge on any atom is 0.169 e. The van der Waals surface area contributed by atoms with Crippen molar-refractivity contribution in [3.05, 3.63) is 52.0 Å². The molecule has 0 unspecified atom stereocenters. The number of likely N-dealkylation sites (tertiary alicyclic amines) is 1. The van der Waals surface area contributed by atoms with Crippen LogP contribution in [-0.4, -0.2) is 46.2 Å². The van der Waals surface area contributed by atoms with E-state index in [1.54, 1.807) is 18.3 Å². The second-order valence-electron chi connectivity index (χ2n) is 9.20. The topological polar surface area (TPSA) is 36.4 Å². The number of nitrogens with zero attached hydrogens (tertiary/aromatic N) is 3. The summed E-state index contributed by atoms with van der Waals surface area (Å²) in [5.74, 6) is 0.892. The number of hydrogen-bond donors (Lipinski definition) is 0. The van der Waals surface area contributed by atoms with Gasteiger partial charge in [0.25, 0.3) is 0 Å². The Labute approximate surface area is 185 Å². The number of aromatic nitrogens is 1. The number of hydrogen-bond acceptors (Lipinski definition) is 5. The Morgan fingerprint density at radius 1 is 1.17 bits per heavy atom. The van der Waals surface area contributed by atoms with Gasteiger partial charge in [-0.25, -0.2) is 0 Å². The van der Waals surface area contributed by atoms with E-state index in [9.17, 15) is 4.79 Å². The number of piperidine rings is 1. The minimum Gasteiger partial charge on any atom is -0.300 e. The number of ketones is 1. The molecular formula is C25H35N3OS. The van der Waals surface area contributed by atoms with Gasteiger partial charge in [-0.2, -0.15) is 0 Å². The van der Waals surface area contributed by atoms with Crippen LogP contribution < -0.4 is 0 Å². The Morgan fingerprint density at radius 2 is 2.00 bits per heavy atom. The molecule has 4 nitrogen and oxygen atoms in total. The zero-order valence-corrected chi connectivity index (χ0v) is 19.1. The third-order valence-electron chi connectivity index (χ3n) is 6.69. The van der Waals surface area contributed by atoms with Crippen LogP contribution in [0.15, 0.2) is 36.0 Å². The summed E-state index contributed by atoms with van der Waals surface area (Å²) in [4.78, 5) is 22.3. The lowest BCUT2D eigenvalue weighted by Gasteiger charge is -2.41. The molecule has 30 heavy (non-hydrogen) atoms. The highest BCUT2D eigenvalue weighted by atomic mass is 32.1. The largest absolute Gasteiger partial charge is 0.300 e. The predicted octanol–water partition coefficient (Wildman–Crippen LogP) is 5.39. The van der Waals surface area contributed by atoms with Crippen LogP contribution in [0, 0.1) is 5.92 Å². The van der Waals surface area contributed by atoms with Gasteiger partial charge in [-0.15, -0.1) is 11.3 Å². The summed E-state index contributed by atoms with van der Waals surface area (Å²) in [5, 5.41) is 2.15. The molecule has 2 aromatic rings. The zero-order chi connectivity index (χ0) is 20.8. The van der Waals surface area contributed by atoms with Crippen molar-refractivity contribution in [3.8, 4) is 0 Å². The van der Waals surface area contributed by atoms with E-state index in [4.69, 9.17) is 0 Å². The van der Waals surface area contributed by atoms with Gasteiger partial charge in [0.15, 0.2) is 5.78 Å². The standard InChI is InChI=1S/C25H35N3OS/c1-20(29)25-13-23(19-30-25)17-27(15-21-7-5-11-26-14-21)16-22-8-6-12-28(18-22)24-9-3-2-4-10-24/h5,7,11,13-14,19,22,24H,2-4,6,8-10,12,15-18H2,1H3/t22-/m1/s1. The van der Waals surface area contributed by atoms with E-state index in [-0.39, 0.29) is 5.78 Å². The lowest BCUT2D eigenvalue weighted by molar-refractivity contribution is 0.0771. The summed E-state index contributed by atoms with van der Waals surface area (Å²) in [6.45, 7) is 7.12. The molecule has 3 heterocycles. The quantitative estimate of drug-likeness (QED) is 0.531. The molecular weight excluding hydrogens is 390 g/mol. The van der Waals surface area contributed by atoms with Crippen LogP contribution in [0.1, 0.15) is 72.7 Å². The molecule has 0 aromatic carbocycles. The van der Waals surface area contributed by atoms with Gasteiger partial charge in [0.1, 0.15) is 0 Å². The number of pyridine rings is 1. The number of Topliss-reactive ketones (excluding diaryl/α,β-unsaturated/α-hetero) is 1. The predicted molar refractivity (Wildman–Crippen MR) is 124 cm³/mol. The lowest BCUT2D eigenvalue weighted by atomic mass is 9.90. The summed E-state index contributed by atoms with van der Waals surface area (Å²) in [6, 6.07) is 7.10. The van der Waals surface area contributed by atoms with Gasteiger partial charge in [0.05, 0.1) is 4.88 Å². The van der Waals surface area contributed by atoms with Crippen LogP contribution in [0.4, 0.5) is 0 Å². The van der Waals surface area contributed by atoms with E-state index in [1.807, 2.05) is 18.5 Å². The Bertz CT molecular complexity index is 800. The monoisotopic (exact) mass is 425 g/mol. The normalized spacial score (nSPS) is 21.2. The maximum absolute atomic E-state index is 11.7. The SMILES string of the molecule is CC(=O)c1cc(CN(Cc2cccnc2)C[C@H]2CCCN(C3CCCCC3)C2)cs1. The number of rotatable bonds is 8. The van der Waals surface area contributed by atoms with Crippen LogP contribution in [0.3, 0.4) is 0 Å². The summed E-state index contributed by atoms with van der Waals surface area (Å²) in [7, 11) is 0. The molecule has 0 N–H and O–H groups in total. The van der Waals surface area contributed by atoms with Crippen molar-refractivity contribution in [1.82, 2.24) is 14.8 Å². The van der Waals surface area contributed by atoms with Crippen molar-refractivity contribution < 1.29 is 4.79 Å². The van der Waals surface area contributed by atoms with Crippen LogP contribution in [-0.2, 0) is 13.1 Å². The average molecular weight is 426 g/mol. The van der Waals surface area contributed by atoms with Gasteiger partial charge < -0.3 is 4.90 Å². The van der Waals surface area contributed by atoms with E-state index in [0.29, 0.717) is 0 Å². The van der Waals surface area contributed by atoms with Crippen LogP contribution in [0.25, 0.3) is 0 Å². The smallest absolute Gasteiger partial charge is 0.169 e. The van der Waals surface area contributed by atoms with Gasteiger partial charge in [-0.3, -0.25) is 14.7 Å². The number of carbonyl (C=O) groups is 1. The highest BCUT2D eigenvalue weighted by Crippen LogP contribution is 2.28. The van der Waals surface area contributed by atoms with E-state index in [1.165, 1.54) is 69.2 Å².